The lowest BCUT2D eigenvalue weighted by atomic mass is 9.58. The van der Waals surface area contributed by atoms with Crippen molar-refractivity contribution < 1.29 is 28.2 Å². The van der Waals surface area contributed by atoms with Gasteiger partial charge in [-0.05, 0) is 92.4 Å². The van der Waals surface area contributed by atoms with Crippen molar-refractivity contribution in [1.29, 1.82) is 0 Å². The number of carbonyl (C=O) groups excluding carboxylic acids is 3. The van der Waals surface area contributed by atoms with E-state index in [1.807, 2.05) is 19.1 Å². The Balaban J connectivity index is 1.71. The van der Waals surface area contributed by atoms with Gasteiger partial charge in [0.2, 0.25) is 11.8 Å². The fourth-order valence-corrected chi connectivity index (χ4v) is 8.25. The summed E-state index contributed by atoms with van der Waals surface area (Å²) < 4.78 is 26.7. The number of halogens is 3. The first kappa shape index (κ1) is 37.8. The van der Waals surface area contributed by atoms with Crippen molar-refractivity contribution in [2.24, 2.45) is 0 Å². The lowest BCUT2D eigenvalue weighted by Crippen LogP contribution is -2.60. The third kappa shape index (κ3) is 7.88. The molecule has 5 rings (SSSR count). The van der Waals surface area contributed by atoms with E-state index in [1.54, 1.807) is 67.0 Å². The molecule has 3 atom stereocenters. The number of anilines is 1. The number of nitrogens with one attached hydrogen (secondary N) is 1. The molecule has 50 heavy (non-hydrogen) atoms. The van der Waals surface area contributed by atoms with Crippen LogP contribution in [0, 0.1) is 12.7 Å². The number of hydrogen-bond donors (Lipinski definition) is 1. The van der Waals surface area contributed by atoms with Crippen molar-refractivity contribution in [3.8, 4) is 0 Å². The van der Waals surface area contributed by atoms with Crippen molar-refractivity contribution in [2.75, 3.05) is 31.3 Å². The van der Waals surface area contributed by atoms with E-state index in [-0.39, 0.29) is 38.1 Å². The van der Waals surface area contributed by atoms with Crippen LogP contribution in [-0.4, -0.2) is 62.9 Å². The molecule has 2 unspecified atom stereocenters. The Labute approximate surface area is 305 Å². The number of benzene rings is 3. The molecular weight excluding hydrogens is 696 g/mol. The quantitative estimate of drug-likeness (QED) is 0.166. The number of carbonyl (C=O) groups is 3. The lowest BCUT2D eigenvalue weighted by molar-refractivity contribution is -0.146. The van der Waals surface area contributed by atoms with E-state index in [0.717, 1.165) is 11.6 Å². The Hall–Kier alpha value is -3.44. The van der Waals surface area contributed by atoms with E-state index >= 15 is 9.18 Å². The second-order valence-electron chi connectivity index (χ2n) is 15.3. The maximum absolute atomic E-state index is 15.5. The number of piperidine rings is 1. The minimum absolute atomic E-state index is 0.0241. The molecule has 8 nitrogen and oxygen atoms in total. The zero-order valence-corrected chi connectivity index (χ0v) is 32.3. The van der Waals surface area contributed by atoms with Crippen LogP contribution >= 0.6 is 23.2 Å². The second-order valence-corrected chi connectivity index (χ2v) is 21.8. The van der Waals surface area contributed by atoms with Crippen LogP contribution in [0.2, 0.25) is 35.7 Å². The fourth-order valence-electron chi connectivity index (χ4n) is 7.13. The summed E-state index contributed by atoms with van der Waals surface area (Å²) >= 11 is 13.2. The summed E-state index contributed by atoms with van der Waals surface area (Å²) in [6.07, 6.45) is -0.714. The number of amides is 3. The number of aryl methyl sites for hydroxylation is 1. The van der Waals surface area contributed by atoms with Gasteiger partial charge >= 0.3 is 6.09 Å². The summed E-state index contributed by atoms with van der Waals surface area (Å²) in [4.78, 5) is 45.9. The van der Waals surface area contributed by atoms with Crippen LogP contribution in [0.1, 0.15) is 61.4 Å². The molecule has 1 spiro atoms. The highest BCUT2D eigenvalue weighted by atomic mass is 35.5. The average Bonchev–Trinajstić information content (AvgIpc) is 3.23. The normalized spacial score (nSPS) is 20.8. The molecule has 0 aliphatic carbocycles. The molecule has 1 N–H and O–H groups in total. The topological polar surface area (TPSA) is 88.2 Å². The Bertz CT molecular complexity index is 1780. The first-order chi connectivity index (χ1) is 23.4. The van der Waals surface area contributed by atoms with Gasteiger partial charge in [0.25, 0.3) is 0 Å². The lowest BCUT2D eigenvalue weighted by Gasteiger charge is -2.52. The number of hydrogen-bond acceptors (Lipinski definition) is 5. The van der Waals surface area contributed by atoms with Crippen molar-refractivity contribution in [3.63, 3.8) is 0 Å². The largest absolute Gasteiger partial charge is 0.444 e. The van der Waals surface area contributed by atoms with Crippen molar-refractivity contribution in [3.05, 3.63) is 98.8 Å². The number of nitrogens with zero attached hydrogens (tertiary/aromatic N) is 2. The SMILES string of the molecule is Cc1ccc(F)cc1C1CC(=O)N(CCNC(=O)OC(C)(C)C)[C@H](c2cccc(Cl)c2)C12C(=O)N(COCC[Si](C)(C)C)c1cc(Cl)ccc12. The smallest absolute Gasteiger partial charge is 0.407 e. The van der Waals surface area contributed by atoms with Gasteiger partial charge in [-0.2, -0.15) is 0 Å². The van der Waals surface area contributed by atoms with Gasteiger partial charge in [-0.25, -0.2) is 9.18 Å². The summed E-state index contributed by atoms with van der Waals surface area (Å²) in [6, 6.07) is 16.9. The van der Waals surface area contributed by atoms with Gasteiger partial charge in [-0.3, -0.25) is 14.5 Å². The van der Waals surface area contributed by atoms with Crippen LogP contribution in [0.3, 0.4) is 0 Å². The van der Waals surface area contributed by atoms with Gasteiger partial charge in [-0.15, -0.1) is 0 Å². The first-order valence-corrected chi connectivity index (χ1v) is 21.4. The Morgan fingerprint density at radius 1 is 1.04 bits per heavy atom. The molecule has 3 amide bonds. The van der Waals surface area contributed by atoms with Gasteiger partial charge in [0, 0.05) is 50.2 Å². The molecule has 3 aromatic rings. The maximum Gasteiger partial charge on any atom is 0.407 e. The van der Waals surface area contributed by atoms with Crippen molar-refractivity contribution >= 4 is 54.9 Å². The van der Waals surface area contributed by atoms with Gasteiger partial charge in [0.05, 0.1) is 11.7 Å². The van der Waals surface area contributed by atoms with E-state index in [4.69, 9.17) is 32.7 Å². The fraction of sp³-hybridized carbons (Fsp3) is 0.447. The molecule has 1 saturated heterocycles. The number of alkyl carbamates (subject to hydrolysis) is 1. The molecule has 0 aromatic heterocycles. The highest BCUT2D eigenvalue weighted by Gasteiger charge is 2.65. The van der Waals surface area contributed by atoms with Crippen LogP contribution in [0.25, 0.3) is 0 Å². The highest BCUT2D eigenvalue weighted by Crippen LogP contribution is 2.62. The van der Waals surface area contributed by atoms with Crippen molar-refractivity contribution in [2.45, 2.75) is 82.8 Å². The van der Waals surface area contributed by atoms with Gasteiger partial charge < -0.3 is 19.7 Å². The average molecular weight is 743 g/mol. The number of rotatable bonds is 10. The van der Waals surface area contributed by atoms with Crippen LogP contribution in [0.15, 0.2) is 60.7 Å². The highest BCUT2D eigenvalue weighted by molar-refractivity contribution is 6.76. The molecule has 0 radical (unpaired) electrons. The molecule has 268 valence electrons. The van der Waals surface area contributed by atoms with Gasteiger partial charge in [-0.1, -0.05) is 67.1 Å². The van der Waals surface area contributed by atoms with Gasteiger partial charge in [0.15, 0.2) is 0 Å². The van der Waals surface area contributed by atoms with Crippen LogP contribution in [0.4, 0.5) is 14.9 Å². The molecule has 1 fully saturated rings. The number of ether oxygens (including phenoxy) is 2. The second kappa shape index (κ2) is 14.7. The third-order valence-corrected chi connectivity index (χ3v) is 11.5. The minimum atomic E-state index is -1.45. The molecule has 0 saturated carbocycles. The minimum Gasteiger partial charge on any atom is -0.444 e. The predicted octanol–water partition coefficient (Wildman–Crippen LogP) is 8.62. The monoisotopic (exact) mass is 741 g/mol. The zero-order chi connectivity index (χ0) is 36.6. The van der Waals surface area contributed by atoms with E-state index in [9.17, 15) is 9.59 Å². The summed E-state index contributed by atoms with van der Waals surface area (Å²) in [5.41, 5.74) is 0.994. The van der Waals surface area contributed by atoms with Crippen LogP contribution in [0.5, 0.6) is 0 Å². The summed E-state index contributed by atoms with van der Waals surface area (Å²) in [7, 11) is -1.43. The molecular formula is C38H46Cl2FN3O5Si. The third-order valence-electron chi connectivity index (χ3n) is 9.31. The van der Waals surface area contributed by atoms with Gasteiger partial charge in [0.1, 0.15) is 23.6 Å². The predicted molar refractivity (Wildman–Crippen MR) is 198 cm³/mol. The standard InChI is InChI=1S/C38H46Cl2FN3O5Si/c1-24-11-13-28(41)21-29(24)31-22-33(45)43(16-15-42-36(47)49-37(2,3)4)34(25-9-8-10-26(39)19-25)38(31)30-14-12-27(40)20-32(30)44(35(38)46)23-48-17-18-50(5,6)7/h8-14,19-21,31,34H,15-18,22-23H2,1-7H3,(H,42,47)/t31?,34-,38?/m1/s1. The molecule has 2 heterocycles. The summed E-state index contributed by atoms with van der Waals surface area (Å²) in [5, 5.41) is 3.62. The van der Waals surface area contributed by atoms with Crippen molar-refractivity contribution in [1.82, 2.24) is 10.2 Å². The molecule has 12 heteroatoms. The Morgan fingerprint density at radius 2 is 1.76 bits per heavy atom. The molecule has 0 bridgehead atoms. The van der Waals surface area contributed by atoms with E-state index < -0.39 is 43.0 Å². The van der Waals surface area contributed by atoms with E-state index in [0.29, 0.717) is 39.0 Å². The summed E-state index contributed by atoms with van der Waals surface area (Å²) in [5.74, 6) is -1.79. The Kier molecular flexibility index (Phi) is 11.1. The molecule has 2 aliphatic heterocycles. The van der Waals surface area contributed by atoms with Crippen LogP contribution in [-0.2, 0) is 24.5 Å². The Morgan fingerprint density at radius 3 is 2.44 bits per heavy atom. The molecule has 3 aromatic carbocycles. The van der Waals surface area contributed by atoms with Crippen LogP contribution < -0.4 is 10.2 Å². The zero-order valence-electron chi connectivity index (χ0n) is 29.7. The summed E-state index contributed by atoms with van der Waals surface area (Å²) in [6.45, 7) is 14.5. The first-order valence-electron chi connectivity index (χ1n) is 16.9. The van der Waals surface area contributed by atoms with E-state index in [2.05, 4.69) is 25.0 Å². The molecule has 2 aliphatic rings. The number of fused-ring (bicyclic) bond motifs is 2. The number of likely N-dealkylation sites (tertiary alicyclic amines) is 1. The maximum atomic E-state index is 15.5. The van der Waals surface area contributed by atoms with E-state index in [1.165, 1.54) is 12.1 Å².